The van der Waals surface area contributed by atoms with E-state index in [1.54, 1.807) is 18.2 Å². The molecule has 3 aromatic rings. The van der Waals surface area contributed by atoms with Gasteiger partial charge in [0.15, 0.2) is 5.69 Å². The Hall–Kier alpha value is -4.05. The molecule has 1 heterocycles. The van der Waals surface area contributed by atoms with Gasteiger partial charge < -0.3 is 0 Å². The standard InChI is InChI=1S/C22H19N5O2/c1-14-7-9-17(10-8-14)13-24-25-21(28)20-16(3)19(12-23)22(29)27(26-20)18-6-4-5-15(2)11-18/h4-11,13H,1-3H3,(H,25,28)/b24-13+. The van der Waals surface area contributed by atoms with Crippen LogP contribution in [0.15, 0.2) is 58.4 Å². The monoisotopic (exact) mass is 385 g/mol. The third-order valence-corrected chi connectivity index (χ3v) is 4.37. The van der Waals surface area contributed by atoms with Crippen molar-refractivity contribution in [3.8, 4) is 11.8 Å². The van der Waals surface area contributed by atoms with Crippen LogP contribution >= 0.6 is 0 Å². The maximum atomic E-state index is 12.7. The molecular weight excluding hydrogens is 366 g/mol. The number of nitrogens with one attached hydrogen (secondary N) is 1. The summed E-state index contributed by atoms with van der Waals surface area (Å²) in [6, 6.07) is 16.6. The van der Waals surface area contributed by atoms with Gasteiger partial charge in [0.25, 0.3) is 11.5 Å². The molecule has 0 aliphatic heterocycles. The molecule has 29 heavy (non-hydrogen) atoms. The predicted octanol–water partition coefficient (Wildman–Crippen LogP) is 2.79. The Morgan fingerprint density at radius 2 is 1.86 bits per heavy atom. The minimum Gasteiger partial charge on any atom is -0.266 e. The van der Waals surface area contributed by atoms with Crippen molar-refractivity contribution in [2.45, 2.75) is 20.8 Å². The summed E-state index contributed by atoms with van der Waals surface area (Å²) in [4.78, 5) is 25.3. The van der Waals surface area contributed by atoms with Crippen molar-refractivity contribution >= 4 is 12.1 Å². The van der Waals surface area contributed by atoms with Crippen LogP contribution in [0.5, 0.6) is 0 Å². The Morgan fingerprint density at radius 1 is 1.14 bits per heavy atom. The van der Waals surface area contributed by atoms with Crippen LogP contribution in [-0.2, 0) is 0 Å². The van der Waals surface area contributed by atoms with Gasteiger partial charge in [0, 0.05) is 5.56 Å². The van der Waals surface area contributed by atoms with Crippen LogP contribution in [0.4, 0.5) is 0 Å². The van der Waals surface area contributed by atoms with Crippen LogP contribution in [0, 0.1) is 32.1 Å². The number of carbonyl (C=O) groups is 1. The molecule has 1 amide bonds. The van der Waals surface area contributed by atoms with Crippen LogP contribution in [0.25, 0.3) is 5.69 Å². The molecule has 0 saturated carbocycles. The normalized spacial score (nSPS) is 10.7. The first-order valence-electron chi connectivity index (χ1n) is 8.92. The van der Waals surface area contributed by atoms with Crippen molar-refractivity contribution in [3.05, 3.63) is 92.4 Å². The molecule has 0 saturated heterocycles. The van der Waals surface area contributed by atoms with E-state index in [0.29, 0.717) is 5.69 Å². The second-order valence-corrected chi connectivity index (χ2v) is 6.63. The summed E-state index contributed by atoms with van der Waals surface area (Å²) in [7, 11) is 0. The average molecular weight is 385 g/mol. The Morgan fingerprint density at radius 3 is 2.52 bits per heavy atom. The largest absolute Gasteiger partial charge is 0.292 e. The predicted molar refractivity (Wildman–Crippen MR) is 110 cm³/mol. The molecule has 144 valence electrons. The Labute approximate surface area is 167 Å². The van der Waals surface area contributed by atoms with Gasteiger partial charge in [-0.15, -0.1) is 0 Å². The van der Waals surface area contributed by atoms with E-state index < -0.39 is 11.5 Å². The molecule has 0 atom stereocenters. The third-order valence-electron chi connectivity index (χ3n) is 4.37. The minimum atomic E-state index is -0.608. The summed E-state index contributed by atoms with van der Waals surface area (Å²) in [6.45, 7) is 5.38. The maximum absolute atomic E-state index is 12.7. The van der Waals surface area contributed by atoms with Gasteiger partial charge in [-0.25, -0.2) is 5.43 Å². The maximum Gasteiger partial charge on any atom is 0.292 e. The van der Waals surface area contributed by atoms with Crippen LogP contribution in [0.3, 0.4) is 0 Å². The number of hydrazone groups is 1. The zero-order valence-corrected chi connectivity index (χ0v) is 16.3. The fraction of sp³-hybridized carbons (Fsp3) is 0.136. The lowest BCUT2D eigenvalue weighted by molar-refractivity contribution is 0.0947. The highest BCUT2D eigenvalue weighted by Crippen LogP contribution is 2.12. The number of hydrogen-bond donors (Lipinski definition) is 1. The van der Waals surface area contributed by atoms with Gasteiger partial charge in [-0.2, -0.15) is 20.1 Å². The lowest BCUT2D eigenvalue weighted by Gasteiger charge is -2.11. The summed E-state index contributed by atoms with van der Waals surface area (Å²) in [5, 5.41) is 17.6. The fourth-order valence-electron chi connectivity index (χ4n) is 2.76. The summed E-state index contributed by atoms with van der Waals surface area (Å²) < 4.78 is 1.07. The average Bonchev–Trinajstić information content (AvgIpc) is 2.70. The number of aromatic nitrogens is 2. The number of aryl methyl sites for hydroxylation is 2. The van der Waals surface area contributed by atoms with E-state index in [9.17, 15) is 14.9 Å². The molecule has 0 spiro atoms. The van der Waals surface area contributed by atoms with Crippen molar-refractivity contribution in [1.82, 2.24) is 15.2 Å². The van der Waals surface area contributed by atoms with Crippen LogP contribution < -0.4 is 11.0 Å². The molecule has 0 fully saturated rings. The van der Waals surface area contributed by atoms with Gasteiger partial charge in [-0.3, -0.25) is 9.59 Å². The molecule has 2 aromatic carbocycles. The topological polar surface area (TPSA) is 100 Å². The molecule has 7 heteroatoms. The molecule has 0 aliphatic rings. The van der Waals surface area contributed by atoms with E-state index in [1.165, 1.54) is 13.1 Å². The Balaban J connectivity index is 1.97. The first-order valence-corrected chi connectivity index (χ1v) is 8.92. The minimum absolute atomic E-state index is 0.0382. The molecule has 0 unspecified atom stereocenters. The second kappa shape index (κ2) is 8.31. The van der Waals surface area contributed by atoms with Crippen LogP contribution in [0.1, 0.15) is 38.3 Å². The number of amides is 1. The van der Waals surface area contributed by atoms with Crippen molar-refractivity contribution in [2.75, 3.05) is 0 Å². The van der Waals surface area contributed by atoms with Crippen molar-refractivity contribution in [3.63, 3.8) is 0 Å². The molecule has 0 radical (unpaired) electrons. The first kappa shape index (κ1) is 19.7. The quantitative estimate of drug-likeness (QED) is 0.551. The van der Waals surface area contributed by atoms with E-state index in [4.69, 9.17) is 0 Å². The SMILES string of the molecule is Cc1ccc(/C=N/NC(=O)c2nn(-c3cccc(C)c3)c(=O)c(C#N)c2C)cc1. The first-order chi connectivity index (χ1) is 13.9. The number of rotatable bonds is 4. The highest BCUT2D eigenvalue weighted by atomic mass is 16.2. The van der Waals surface area contributed by atoms with Gasteiger partial charge in [-0.05, 0) is 44.0 Å². The van der Waals surface area contributed by atoms with Gasteiger partial charge in [0.1, 0.15) is 11.6 Å². The van der Waals surface area contributed by atoms with Crippen LogP contribution in [0.2, 0.25) is 0 Å². The molecule has 1 aromatic heterocycles. The number of hydrogen-bond acceptors (Lipinski definition) is 5. The number of carbonyl (C=O) groups excluding carboxylic acids is 1. The Bertz CT molecular complexity index is 1200. The van der Waals surface area contributed by atoms with Gasteiger partial charge >= 0.3 is 0 Å². The molecule has 7 nitrogen and oxygen atoms in total. The number of benzene rings is 2. The molecule has 3 rings (SSSR count). The zero-order valence-electron chi connectivity index (χ0n) is 16.3. The fourth-order valence-corrected chi connectivity index (χ4v) is 2.76. The molecule has 0 aliphatic carbocycles. The van der Waals surface area contributed by atoms with Gasteiger partial charge in [-0.1, -0.05) is 42.0 Å². The van der Waals surface area contributed by atoms with E-state index in [2.05, 4.69) is 15.6 Å². The van der Waals surface area contributed by atoms with Crippen molar-refractivity contribution < 1.29 is 4.79 Å². The van der Waals surface area contributed by atoms with E-state index >= 15 is 0 Å². The van der Waals surface area contributed by atoms with Crippen molar-refractivity contribution in [2.24, 2.45) is 5.10 Å². The van der Waals surface area contributed by atoms with E-state index in [-0.39, 0.29) is 16.8 Å². The lowest BCUT2D eigenvalue weighted by Crippen LogP contribution is -2.31. The summed E-state index contributed by atoms with van der Waals surface area (Å²) in [5.74, 6) is -0.608. The summed E-state index contributed by atoms with van der Waals surface area (Å²) in [6.07, 6.45) is 1.51. The Kier molecular flexibility index (Phi) is 5.65. The summed E-state index contributed by atoms with van der Waals surface area (Å²) >= 11 is 0. The zero-order chi connectivity index (χ0) is 21.0. The highest BCUT2D eigenvalue weighted by molar-refractivity contribution is 5.94. The van der Waals surface area contributed by atoms with Crippen molar-refractivity contribution in [1.29, 1.82) is 5.26 Å². The smallest absolute Gasteiger partial charge is 0.266 e. The van der Waals surface area contributed by atoms with E-state index in [0.717, 1.165) is 21.4 Å². The molecular formula is C22H19N5O2. The van der Waals surface area contributed by atoms with Gasteiger partial charge in [0.2, 0.25) is 0 Å². The van der Waals surface area contributed by atoms with Crippen LogP contribution in [-0.4, -0.2) is 21.9 Å². The lowest BCUT2D eigenvalue weighted by atomic mass is 10.1. The molecule has 1 N–H and O–H groups in total. The number of nitriles is 1. The van der Waals surface area contributed by atoms with Gasteiger partial charge in [0.05, 0.1) is 11.9 Å². The highest BCUT2D eigenvalue weighted by Gasteiger charge is 2.20. The van der Waals surface area contributed by atoms with E-state index in [1.807, 2.05) is 50.2 Å². The second-order valence-electron chi connectivity index (χ2n) is 6.63. The number of nitrogens with zero attached hydrogens (tertiary/aromatic N) is 4. The summed E-state index contributed by atoms with van der Waals surface area (Å²) in [5.41, 5.74) is 5.21. The molecule has 0 bridgehead atoms. The third kappa shape index (κ3) is 4.28.